The maximum absolute atomic E-state index is 12.4. The number of carbonyl (C=O) groups excluding carboxylic acids is 1. The van der Waals surface area contributed by atoms with Crippen molar-refractivity contribution in [1.29, 1.82) is 0 Å². The SMILES string of the molecule is COC(=O)[C@@H](C)[C@@H](C)Oc1ccc(C(F)(F)F)cc1. The van der Waals surface area contributed by atoms with E-state index in [4.69, 9.17) is 4.74 Å². The van der Waals surface area contributed by atoms with Crippen LogP contribution in [0.2, 0.25) is 0 Å². The summed E-state index contributed by atoms with van der Waals surface area (Å²) in [5, 5.41) is 0. The van der Waals surface area contributed by atoms with E-state index >= 15 is 0 Å². The molecule has 106 valence electrons. The van der Waals surface area contributed by atoms with Gasteiger partial charge in [0.15, 0.2) is 0 Å². The van der Waals surface area contributed by atoms with Crippen molar-refractivity contribution in [3.05, 3.63) is 29.8 Å². The first-order valence-corrected chi connectivity index (χ1v) is 5.67. The van der Waals surface area contributed by atoms with Gasteiger partial charge in [0.2, 0.25) is 0 Å². The number of alkyl halides is 3. The minimum absolute atomic E-state index is 0.274. The highest BCUT2D eigenvalue weighted by atomic mass is 19.4. The Bertz CT molecular complexity index is 426. The molecule has 0 saturated heterocycles. The van der Waals surface area contributed by atoms with E-state index in [0.29, 0.717) is 0 Å². The first kappa shape index (κ1) is 15.3. The standard InChI is InChI=1S/C13H15F3O3/c1-8(12(17)18-3)9(2)19-11-6-4-10(5-7-11)13(14,15)16/h4-9H,1-3H3/t8-,9+/m0/s1. The van der Waals surface area contributed by atoms with E-state index < -0.39 is 29.7 Å². The quantitative estimate of drug-likeness (QED) is 0.792. The van der Waals surface area contributed by atoms with Gasteiger partial charge in [-0.3, -0.25) is 4.79 Å². The van der Waals surface area contributed by atoms with Crippen LogP contribution in [0.15, 0.2) is 24.3 Å². The van der Waals surface area contributed by atoms with Crippen LogP contribution in [0.5, 0.6) is 5.75 Å². The van der Waals surface area contributed by atoms with Gasteiger partial charge in [0.05, 0.1) is 18.6 Å². The van der Waals surface area contributed by atoms with E-state index in [1.54, 1.807) is 13.8 Å². The Morgan fingerprint density at radius 2 is 1.68 bits per heavy atom. The van der Waals surface area contributed by atoms with Gasteiger partial charge in [0, 0.05) is 0 Å². The van der Waals surface area contributed by atoms with Crippen LogP contribution in [0.1, 0.15) is 19.4 Å². The van der Waals surface area contributed by atoms with E-state index in [-0.39, 0.29) is 5.75 Å². The Morgan fingerprint density at radius 3 is 2.11 bits per heavy atom. The lowest BCUT2D eigenvalue weighted by Gasteiger charge is -2.19. The normalized spacial score (nSPS) is 14.6. The molecule has 1 rings (SSSR count). The lowest BCUT2D eigenvalue weighted by molar-refractivity contribution is -0.147. The predicted octanol–water partition coefficient (Wildman–Crippen LogP) is 3.28. The summed E-state index contributed by atoms with van der Waals surface area (Å²) < 4.78 is 47.0. The lowest BCUT2D eigenvalue weighted by atomic mass is 10.1. The molecule has 0 unspecified atom stereocenters. The van der Waals surface area contributed by atoms with Crippen molar-refractivity contribution in [2.75, 3.05) is 7.11 Å². The van der Waals surface area contributed by atoms with Gasteiger partial charge in [0.1, 0.15) is 11.9 Å². The summed E-state index contributed by atoms with van der Waals surface area (Å²) in [5.74, 6) is -0.664. The summed E-state index contributed by atoms with van der Waals surface area (Å²) >= 11 is 0. The van der Waals surface area contributed by atoms with E-state index in [1.807, 2.05) is 0 Å². The highest BCUT2D eigenvalue weighted by Gasteiger charge is 2.30. The molecule has 1 aromatic rings. The van der Waals surface area contributed by atoms with E-state index in [9.17, 15) is 18.0 Å². The zero-order valence-corrected chi connectivity index (χ0v) is 10.8. The molecule has 3 nitrogen and oxygen atoms in total. The van der Waals surface area contributed by atoms with Gasteiger partial charge in [-0.25, -0.2) is 0 Å². The van der Waals surface area contributed by atoms with Crippen molar-refractivity contribution in [3.8, 4) is 5.75 Å². The zero-order valence-electron chi connectivity index (χ0n) is 10.8. The van der Waals surface area contributed by atoms with E-state index in [1.165, 1.54) is 19.2 Å². The number of hydrogen-bond acceptors (Lipinski definition) is 3. The molecule has 0 aromatic heterocycles. The number of methoxy groups -OCH3 is 1. The van der Waals surface area contributed by atoms with Gasteiger partial charge in [-0.2, -0.15) is 13.2 Å². The minimum atomic E-state index is -4.37. The summed E-state index contributed by atoms with van der Waals surface area (Å²) in [6.45, 7) is 3.28. The first-order chi connectivity index (χ1) is 8.75. The molecule has 0 saturated carbocycles. The van der Waals surface area contributed by atoms with Crippen molar-refractivity contribution in [1.82, 2.24) is 0 Å². The van der Waals surface area contributed by atoms with Crippen LogP contribution >= 0.6 is 0 Å². The molecule has 0 aliphatic carbocycles. The van der Waals surface area contributed by atoms with Crippen molar-refractivity contribution < 1.29 is 27.4 Å². The van der Waals surface area contributed by atoms with E-state index in [0.717, 1.165) is 12.1 Å². The van der Waals surface area contributed by atoms with Gasteiger partial charge < -0.3 is 9.47 Å². The fourth-order valence-electron chi connectivity index (χ4n) is 1.42. The Kier molecular flexibility index (Phi) is 4.80. The largest absolute Gasteiger partial charge is 0.490 e. The second-order valence-electron chi connectivity index (χ2n) is 4.16. The molecule has 0 heterocycles. The van der Waals surface area contributed by atoms with Crippen LogP contribution in [0.25, 0.3) is 0 Å². The lowest BCUT2D eigenvalue weighted by Crippen LogP contribution is -2.29. The summed E-state index contributed by atoms with van der Waals surface area (Å²) in [4.78, 5) is 11.3. The van der Waals surface area contributed by atoms with Crippen LogP contribution in [0.4, 0.5) is 13.2 Å². The summed E-state index contributed by atoms with van der Waals surface area (Å²) in [6, 6.07) is 4.32. The second-order valence-corrected chi connectivity index (χ2v) is 4.16. The molecule has 0 spiro atoms. The third-order valence-electron chi connectivity index (χ3n) is 2.78. The Morgan fingerprint density at radius 1 is 1.16 bits per heavy atom. The Balaban J connectivity index is 2.70. The first-order valence-electron chi connectivity index (χ1n) is 5.67. The monoisotopic (exact) mass is 276 g/mol. The number of benzene rings is 1. The molecule has 0 bridgehead atoms. The van der Waals surface area contributed by atoms with Gasteiger partial charge in [-0.1, -0.05) is 0 Å². The maximum atomic E-state index is 12.4. The van der Waals surface area contributed by atoms with Gasteiger partial charge in [-0.15, -0.1) is 0 Å². The molecule has 0 aliphatic heterocycles. The smallest absolute Gasteiger partial charge is 0.416 e. The predicted molar refractivity (Wildman–Crippen MR) is 62.7 cm³/mol. The third kappa shape index (κ3) is 4.15. The molecule has 1 aromatic carbocycles. The average Bonchev–Trinajstić information content (AvgIpc) is 2.36. The van der Waals surface area contributed by atoms with Crippen LogP contribution < -0.4 is 4.74 Å². The van der Waals surface area contributed by atoms with E-state index in [2.05, 4.69) is 4.74 Å². The Labute approximate surface area is 109 Å². The molecule has 0 radical (unpaired) electrons. The highest BCUT2D eigenvalue weighted by molar-refractivity contribution is 5.72. The fraction of sp³-hybridized carbons (Fsp3) is 0.462. The Hall–Kier alpha value is -1.72. The number of ether oxygens (including phenoxy) is 2. The number of esters is 1. The van der Waals surface area contributed by atoms with Crippen LogP contribution in [0, 0.1) is 5.92 Å². The summed E-state index contributed by atoms with van der Waals surface area (Å²) in [7, 11) is 1.27. The molecule has 19 heavy (non-hydrogen) atoms. The van der Waals surface area contributed by atoms with Gasteiger partial charge >= 0.3 is 12.1 Å². The summed E-state index contributed by atoms with van der Waals surface area (Å²) in [6.07, 6.45) is -4.87. The molecule has 0 fully saturated rings. The fourth-order valence-corrected chi connectivity index (χ4v) is 1.42. The van der Waals surface area contributed by atoms with Crippen LogP contribution in [0.3, 0.4) is 0 Å². The maximum Gasteiger partial charge on any atom is 0.416 e. The van der Waals surface area contributed by atoms with Gasteiger partial charge in [-0.05, 0) is 38.1 Å². The number of hydrogen-bond donors (Lipinski definition) is 0. The van der Waals surface area contributed by atoms with Crippen molar-refractivity contribution in [2.24, 2.45) is 5.92 Å². The third-order valence-corrected chi connectivity index (χ3v) is 2.78. The van der Waals surface area contributed by atoms with Gasteiger partial charge in [0.25, 0.3) is 0 Å². The molecule has 0 amide bonds. The summed E-state index contributed by atoms with van der Waals surface area (Å²) in [5.41, 5.74) is -0.742. The van der Waals surface area contributed by atoms with Crippen LogP contribution in [-0.4, -0.2) is 19.2 Å². The molecule has 2 atom stereocenters. The minimum Gasteiger partial charge on any atom is -0.490 e. The highest BCUT2D eigenvalue weighted by Crippen LogP contribution is 2.30. The number of halogens is 3. The molecular formula is C13H15F3O3. The molecule has 0 N–H and O–H groups in total. The molecule has 0 aliphatic rings. The van der Waals surface area contributed by atoms with Crippen molar-refractivity contribution in [2.45, 2.75) is 26.1 Å². The van der Waals surface area contributed by atoms with Crippen molar-refractivity contribution >= 4 is 5.97 Å². The number of rotatable bonds is 4. The van der Waals surface area contributed by atoms with Crippen LogP contribution in [-0.2, 0) is 15.7 Å². The topological polar surface area (TPSA) is 35.5 Å². The zero-order chi connectivity index (χ0) is 14.6. The number of carbonyl (C=O) groups is 1. The molecular weight excluding hydrogens is 261 g/mol. The second kappa shape index (κ2) is 5.95. The van der Waals surface area contributed by atoms with Crippen molar-refractivity contribution in [3.63, 3.8) is 0 Å². The molecule has 6 heteroatoms. The average molecular weight is 276 g/mol.